The lowest BCUT2D eigenvalue weighted by Crippen LogP contribution is -2.26. The predicted octanol–water partition coefficient (Wildman–Crippen LogP) is 0.268. The Morgan fingerprint density at radius 2 is 2.38 bits per heavy atom. The van der Waals surface area contributed by atoms with Crippen molar-refractivity contribution in [1.82, 2.24) is 11.1 Å². The van der Waals surface area contributed by atoms with Crippen LogP contribution in [0.25, 0.3) is 0 Å². The Hall–Kier alpha value is -1.36. The predicted molar refractivity (Wildman–Crippen MR) is 47.5 cm³/mol. The van der Waals surface area contributed by atoms with Crippen molar-refractivity contribution in [1.29, 1.82) is 0 Å². The van der Waals surface area contributed by atoms with Gasteiger partial charge in [-0.15, -0.1) is 6.58 Å². The summed E-state index contributed by atoms with van der Waals surface area (Å²) in [6.07, 6.45) is 1.73. The van der Waals surface area contributed by atoms with Gasteiger partial charge >= 0.3 is 5.97 Å². The van der Waals surface area contributed by atoms with E-state index in [0.717, 1.165) is 0 Å². The van der Waals surface area contributed by atoms with Crippen molar-refractivity contribution < 1.29 is 14.7 Å². The average Bonchev–Trinajstić information content (AvgIpc) is 2.34. The first kappa shape index (κ1) is 11.6. The number of likely N-dealkylation sites (tertiary alicyclic amines) is 1. The number of hydrogen-bond acceptors (Lipinski definition) is 3. The van der Waals surface area contributed by atoms with Gasteiger partial charge in [-0.3, -0.25) is 9.59 Å². The minimum atomic E-state index is -0.894. The highest BCUT2D eigenvalue weighted by molar-refractivity contribution is 5.86. The number of carbonyl (C=O) groups excluding carboxylic acids is 1. The molecular formula is C8H14N2O3. The van der Waals surface area contributed by atoms with Gasteiger partial charge in [0.2, 0.25) is 5.91 Å². The maximum absolute atomic E-state index is 11.1. The van der Waals surface area contributed by atoms with Gasteiger partial charge in [0.1, 0.15) is 0 Å². The average molecular weight is 186 g/mol. The zero-order valence-electron chi connectivity index (χ0n) is 7.40. The van der Waals surface area contributed by atoms with Gasteiger partial charge < -0.3 is 16.2 Å². The second-order valence-electron chi connectivity index (χ2n) is 2.83. The molecule has 1 aliphatic rings. The van der Waals surface area contributed by atoms with Crippen LogP contribution in [0.4, 0.5) is 0 Å². The maximum Gasteiger partial charge on any atom is 0.308 e. The smallest absolute Gasteiger partial charge is 0.308 e. The Morgan fingerprint density at radius 3 is 2.77 bits per heavy atom. The van der Waals surface area contributed by atoms with E-state index in [0.29, 0.717) is 13.1 Å². The van der Waals surface area contributed by atoms with E-state index in [-0.39, 0.29) is 18.5 Å². The number of amides is 1. The Kier molecular flexibility index (Phi) is 4.13. The van der Waals surface area contributed by atoms with Crippen molar-refractivity contribution in [3.63, 3.8) is 0 Å². The standard InChI is InChI=1S/C8H11NO3.H3N/c1-2-3-9-5-6(8(11)12)4-7(9)10;/h2,6H,1,3-5H2,(H,11,12);1H3. The lowest BCUT2D eigenvalue weighted by molar-refractivity contribution is -0.141. The molecule has 1 amide bonds. The van der Waals surface area contributed by atoms with Crippen LogP contribution in [0.3, 0.4) is 0 Å². The van der Waals surface area contributed by atoms with Gasteiger partial charge in [0.25, 0.3) is 0 Å². The fourth-order valence-corrected chi connectivity index (χ4v) is 1.27. The molecule has 1 saturated heterocycles. The van der Waals surface area contributed by atoms with Crippen LogP contribution in [-0.4, -0.2) is 35.0 Å². The number of carboxylic acid groups (broad SMARTS) is 1. The van der Waals surface area contributed by atoms with Crippen molar-refractivity contribution in [2.75, 3.05) is 13.1 Å². The lowest BCUT2D eigenvalue weighted by atomic mass is 10.1. The van der Waals surface area contributed by atoms with E-state index >= 15 is 0 Å². The van der Waals surface area contributed by atoms with E-state index in [1.165, 1.54) is 4.90 Å². The molecule has 0 bridgehead atoms. The summed E-state index contributed by atoms with van der Waals surface area (Å²) in [7, 11) is 0. The summed E-state index contributed by atoms with van der Waals surface area (Å²) in [6, 6.07) is 0. The van der Waals surface area contributed by atoms with Crippen LogP contribution in [-0.2, 0) is 9.59 Å². The fourth-order valence-electron chi connectivity index (χ4n) is 1.27. The van der Waals surface area contributed by atoms with Crippen LogP contribution in [0.5, 0.6) is 0 Å². The summed E-state index contributed by atoms with van der Waals surface area (Å²) >= 11 is 0. The van der Waals surface area contributed by atoms with E-state index in [1.54, 1.807) is 6.08 Å². The molecule has 13 heavy (non-hydrogen) atoms. The van der Waals surface area contributed by atoms with Crippen LogP contribution in [0, 0.1) is 5.92 Å². The maximum atomic E-state index is 11.1. The molecule has 1 rings (SSSR count). The summed E-state index contributed by atoms with van der Waals surface area (Å²) in [5.74, 6) is -1.52. The molecule has 1 aliphatic heterocycles. The van der Waals surface area contributed by atoms with Crippen molar-refractivity contribution >= 4 is 11.9 Å². The normalized spacial score (nSPS) is 21.1. The molecule has 74 valence electrons. The number of carboxylic acids is 1. The molecule has 0 saturated carbocycles. The third-order valence-corrected chi connectivity index (χ3v) is 1.91. The van der Waals surface area contributed by atoms with Crippen molar-refractivity contribution in [3.05, 3.63) is 12.7 Å². The molecule has 1 heterocycles. The van der Waals surface area contributed by atoms with Crippen LogP contribution in [0.1, 0.15) is 6.42 Å². The molecule has 0 spiro atoms. The zero-order chi connectivity index (χ0) is 9.14. The van der Waals surface area contributed by atoms with Crippen LogP contribution >= 0.6 is 0 Å². The van der Waals surface area contributed by atoms with Crippen molar-refractivity contribution in [2.24, 2.45) is 5.92 Å². The molecule has 0 aromatic rings. The molecule has 5 heteroatoms. The Labute approximate surface area is 76.6 Å². The Balaban J connectivity index is 0.00000144. The lowest BCUT2D eigenvalue weighted by Gasteiger charge is -2.11. The zero-order valence-corrected chi connectivity index (χ0v) is 7.40. The van der Waals surface area contributed by atoms with E-state index < -0.39 is 11.9 Å². The summed E-state index contributed by atoms with van der Waals surface area (Å²) < 4.78 is 0. The molecule has 0 aliphatic carbocycles. The molecule has 1 unspecified atom stereocenters. The first-order chi connectivity index (χ1) is 5.65. The van der Waals surface area contributed by atoms with Gasteiger partial charge in [-0.25, -0.2) is 0 Å². The molecule has 1 atom stereocenters. The molecule has 4 N–H and O–H groups in total. The van der Waals surface area contributed by atoms with Crippen LogP contribution in [0.15, 0.2) is 12.7 Å². The van der Waals surface area contributed by atoms with Gasteiger partial charge in [0.05, 0.1) is 5.92 Å². The Bertz CT molecular complexity index is 227. The third-order valence-electron chi connectivity index (χ3n) is 1.91. The van der Waals surface area contributed by atoms with E-state index in [2.05, 4.69) is 6.58 Å². The molecule has 0 aromatic heterocycles. The van der Waals surface area contributed by atoms with E-state index in [1.807, 2.05) is 0 Å². The van der Waals surface area contributed by atoms with Crippen molar-refractivity contribution in [3.8, 4) is 0 Å². The number of rotatable bonds is 3. The highest BCUT2D eigenvalue weighted by Crippen LogP contribution is 2.17. The molecule has 5 nitrogen and oxygen atoms in total. The number of aliphatic carboxylic acids is 1. The summed E-state index contributed by atoms with van der Waals surface area (Å²) in [6.45, 7) is 4.25. The van der Waals surface area contributed by atoms with Gasteiger partial charge in [-0.1, -0.05) is 6.08 Å². The summed E-state index contributed by atoms with van der Waals surface area (Å²) in [5, 5.41) is 8.61. The third kappa shape index (κ3) is 2.55. The highest BCUT2D eigenvalue weighted by atomic mass is 16.4. The number of nitrogens with zero attached hydrogens (tertiary/aromatic N) is 1. The van der Waals surface area contributed by atoms with Crippen LogP contribution < -0.4 is 6.15 Å². The van der Waals surface area contributed by atoms with E-state index in [4.69, 9.17) is 5.11 Å². The Morgan fingerprint density at radius 1 is 1.77 bits per heavy atom. The van der Waals surface area contributed by atoms with Gasteiger partial charge in [-0.2, -0.15) is 0 Å². The fraction of sp³-hybridized carbons (Fsp3) is 0.500. The highest BCUT2D eigenvalue weighted by Gasteiger charge is 2.33. The largest absolute Gasteiger partial charge is 0.481 e. The van der Waals surface area contributed by atoms with Crippen molar-refractivity contribution in [2.45, 2.75) is 6.42 Å². The topological polar surface area (TPSA) is 92.6 Å². The van der Waals surface area contributed by atoms with Gasteiger partial charge in [-0.05, 0) is 0 Å². The monoisotopic (exact) mass is 186 g/mol. The minimum absolute atomic E-state index is 0. The number of carbonyl (C=O) groups is 2. The molecular weight excluding hydrogens is 172 g/mol. The number of hydrogen-bond donors (Lipinski definition) is 2. The van der Waals surface area contributed by atoms with E-state index in [9.17, 15) is 9.59 Å². The van der Waals surface area contributed by atoms with Gasteiger partial charge in [0.15, 0.2) is 0 Å². The quantitative estimate of drug-likeness (QED) is 0.618. The summed E-state index contributed by atoms with van der Waals surface area (Å²) in [5.41, 5.74) is 0. The molecule has 1 fully saturated rings. The first-order valence-electron chi connectivity index (χ1n) is 3.76. The van der Waals surface area contributed by atoms with Crippen LogP contribution in [0.2, 0.25) is 0 Å². The molecule has 0 radical (unpaired) electrons. The first-order valence-corrected chi connectivity index (χ1v) is 3.76. The second kappa shape index (κ2) is 4.61. The minimum Gasteiger partial charge on any atom is -0.481 e. The molecule has 0 aromatic carbocycles. The summed E-state index contributed by atoms with van der Waals surface area (Å²) in [4.78, 5) is 23.1. The second-order valence-corrected chi connectivity index (χ2v) is 2.83. The van der Waals surface area contributed by atoms with Gasteiger partial charge in [0, 0.05) is 19.5 Å². The SMILES string of the molecule is C=CCN1CC(C(=O)O)CC1=O.N.